The van der Waals surface area contributed by atoms with E-state index in [2.05, 4.69) is 5.32 Å². The van der Waals surface area contributed by atoms with Crippen LogP contribution in [-0.4, -0.2) is 92.6 Å². The molecule has 0 spiro atoms. The number of fused-ring (bicyclic) bond motifs is 1. The number of nitrogens with zero attached hydrogens (tertiary/aromatic N) is 2. The largest absolute Gasteiger partial charge is 0.477 e. The molecule has 0 aliphatic carbocycles. The van der Waals surface area contributed by atoms with Crippen LogP contribution in [0.15, 0.2) is 34.9 Å². The molecule has 13 heteroatoms. The number of ether oxygens (including phenoxy) is 2. The first-order valence-corrected chi connectivity index (χ1v) is 14.2. The Hall–Kier alpha value is -3.58. The maximum atomic E-state index is 13.5. The third-order valence-electron chi connectivity index (χ3n) is 7.35. The fraction of sp³-hybridized carbons (Fsp3) is 0.536. The van der Waals surface area contributed by atoms with Gasteiger partial charge < -0.3 is 29.9 Å². The van der Waals surface area contributed by atoms with Crippen LogP contribution < -0.4 is 5.32 Å². The number of nitrogens with one attached hydrogen (secondary N) is 1. The average molecular weight is 590 g/mol. The van der Waals surface area contributed by atoms with Gasteiger partial charge in [0.25, 0.3) is 0 Å². The fourth-order valence-electron chi connectivity index (χ4n) is 5.58. The zero-order valence-corrected chi connectivity index (χ0v) is 24.6. The first-order chi connectivity index (χ1) is 19.1. The summed E-state index contributed by atoms with van der Waals surface area (Å²) in [5.41, 5.74) is -0.358. The summed E-state index contributed by atoms with van der Waals surface area (Å²) in [6.07, 6.45) is -1.43. The highest BCUT2D eigenvalue weighted by molar-refractivity contribution is 8.03. The Balaban J connectivity index is 1.58. The Bertz CT molecular complexity index is 1300. The zero-order valence-electron chi connectivity index (χ0n) is 23.7. The second kappa shape index (κ2) is 11.4. The molecule has 3 aliphatic heterocycles. The van der Waals surface area contributed by atoms with E-state index in [0.29, 0.717) is 10.6 Å². The van der Waals surface area contributed by atoms with Gasteiger partial charge in [-0.2, -0.15) is 0 Å². The Morgan fingerprint density at radius 1 is 1.20 bits per heavy atom. The van der Waals surface area contributed by atoms with Gasteiger partial charge in [0, 0.05) is 28.3 Å². The quantitative estimate of drug-likeness (QED) is 0.318. The molecule has 0 bridgehead atoms. The van der Waals surface area contributed by atoms with Crippen LogP contribution in [0.25, 0.3) is 0 Å². The number of likely N-dealkylation sites (tertiary alicyclic amines) is 1. The Morgan fingerprint density at radius 2 is 1.88 bits per heavy atom. The molecule has 3 amide bonds. The molecule has 1 aromatic rings. The standard InChI is InChI=1S/C28H35N3O9S/c1-13-20-19(14(2)32)24(34)31(20)21(25(35)36)22(13)41-17-11-18(30(12-17)27(38)40-28(3,4)5)23(33)29-16-9-7-8-15(10-16)26(37)39-6/h7-10,13-14,17-20,32H,11-12H2,1-6H3,(H,29,33)(H,35,36)/t13-,14-,17-,18-,19-,20-/m1/s1. The molecule has 2 saturated heterocycles. The number of esters is 1. The first kappa shape index (κ1) is 30.4. The number of anilines is 1. The highest BCUT2D eigenvalue weighted by atomic mass is 32.2. The number of β-lactam (4-membered cyclic amide) rings is 1. The molecular weight excluding hydrogens is 554 g/mol. The molecule has 0 aromatic heterocycles. The van der Waals surface area contributed by atoms with Gasteiger partial charge in [-0.15, -0.1) is 11.8 Å². The number of carboxylic acids is 1. The predicted octanol–water partition coefficient (Wildman–Crippen LogP) is 2.68. The molecule has 3 heterocycles. The molecule has 41 heavy (non-hydrogen) atoms. The minimum Gasteiger partial charge on any atom is -0.477 e. The number of amides is 3. The smallest absolute Gasteiger partial charge is 0.411 e. The van der Waals surface area contributed by atoms with Crippen LogP contribution in [0.3, 0.4) is 0 Å². The van der Waals surface area contributed by atoms with Crippen molar-refractivity contribution in [3.8, 4) is 0 Å². The lowest BCUT2D eigenvalue weighted by Gasteiger charge is -2.46. The van der Waals surface area contributed by atoms with Crippen LogP contribution >= 0.6 is 11.8 Å². The lowest BCUT2D eigenvalue weighted by molar-refractivity contribution is -0.163. The van der Waals surface area contributed by atoms with Crippen LogP contribution in [0.2, 0.25) is 0 Å². The third kappa shape index (κ3) is 5.91. The van der Waals surface area contributed by atoms with Gasteiger partial charge in [-0.05, 0) is 52.3 Å². The molecule has 1 aromatic carbocycles. The number of carbonyl (C=O) groups is 5. The van der Waals surface area contributed by atoms with Crippen molar-refractivity contribution >= 4 is 47.3 Å². The summed E-state index contributed by atoms with van der Waals surface area (Å²) in [5.74, 6) is -3.80. The van der Waals surface area contributed by atoms with Crippen molar-refractivity contribution < 1.29 is 43.7 Å². The van der Waals surface area contributed by atoms with Crippen LogP contribution in [0.5, 0.6) is 0 Å². The first-order valence-electron chi connectivity index (χ1n) is 13.3. The molecule has 0 unspecified atom stereocenters. The monoisotopic (exact) mass is 589 g/mol. The van der Waals surface area contributed by atoms with E-state index in [1.165, 1.54) is 41.7 Å². The summed E-state index contributed by atoms with van der Waals surface area (Å²) in [7, 11) is 1.25. The number of rotatable bonds is 7. The van der Waals surface area contributed by atoms with E-state index >= 15 is 0 Å². The molecule has 4 rings (SSSR count). The number of hydrogen-bond donors (Lipinski definition) is 3. The van der Waals surface area contributed by atoms with Crippen LogP contribution in [0, 0.1) is 11.8 Å². The van der Waals surface area contributed by atoms with Crippen molar-refractivity contribution in [2.45, 2.75) is 70.1 Å². The van der Waals surface area contributed by atoms with Crippen molar-refractivity contribution in [1.82, 2.24) is 9.80 Å². The van der Waals surface area contributed by atoms with Crippen molar-refractivity contribution in [3.63, 3.8) is 0 Å². The van der Waals surface area contributed by atoms with Crippen LogP contribution in [-0.2, 0) is 23.9 Å². The van der Waals surface area contributed by atoms with E-state index in [9.17, 15) is 34.2 Å². The van der Waals surface area contributed by atoms with Gasteiger partial charge in [0.05, 0.1) is 30.7 Å². The number of aliphatic hydroxyl groups is 1. The third-order valence-corrected chi connectivity index (χ3v) is 8.84. The summed E-state index contributed by atoms with van der Waals surface area (Å²) in [6.45, 7) is 8.57. The second-order valence-electron chi connectivity index (χ2n) is 11.5. The molecular formula is C28H35N3O9S. The van der Waals surface area contributed by atoms with E-state index in [1.54, 1.807) is 39.0 Å². The summed E-state index contributed by atoms with van der Waals surface area (Å²) in [5, 5.41) is 22.5. The minimum atomic E-state index is -1.25. The minimum absolute atomic E-state index is 0.0986. The van der Waals surface area contributed by atoms with Gasteiger partial charge in [0.1, 0.15) is 17.3 Å². The Labute approximate surface area is 242 Å². The molecule has 12 nitrogen and oxygen atoms in total. The lowest BCUT2D eigenvalue weighted by atomic mass is 9.79. The van der Waals surface area contributed by atoms with Gasteiger partial charge in [0.15, 0.2) is 0 Å². The number of benzene rings is 1. The predicted molar refractivity (Wildman–Crippen MR) is 149 cm³/mol. The molecule has 222 valence electrons. The van der Waals surface area contributed by atoms with Gasteiger partial charge in [-0.1, -0.05) is 13.0 Å². The molecule has 0 saturated carbocycles. The van der Waals surface area contributed by atoms with E-state index in [0.717, 1.165) is 0 Å². The number of carbonyl (C=O) groups excluding carboxylic acids is 4. The van der Waals surface area contributed by atoms with Gasteiger partial charge in [-0.25, -0.2) is 14.4 Å². The number of methoxy groups -OCH3 is 1. The SMILES string of the molecule is COC(=O)c1cccc(NC(=O)[C@H]2C[C@@H](SC3=C(C(=O)O)N4C(=O)[C@H]([C@@H](C)O)[C@H]4[C@H]3C)CN2C(=O)OC(C)(C)C)c1. The van der Waals surface area contributed by atoms with E-state index in [1.807, 2.05) is 6.92 Å². The van der Waals surface area contributed by atoms with E-state index in [-0.39, 0.29) is 35.4 Å². The van der Waals surface area contributed by atoms with Crippen LogP contribution in [0.4, 0.5) is 10.5 Å². The Morgan fingerprint density at radius 3 is 2.46 bits per heavy atom. The molecule has 3 N–H and O–H groups in total. The highest BCUT2D eigenvalue weighted by Crippen LogP contribution is 2.52. The van der Waals surface area contributed by atoms with Crippen LogP contribution in [0.1, 0.15) is 51.4 Å². The number of aliphatic carboxylic acids is 1. The lowest BCUT2D eigenvalue weighted by Crippen LogP contribution is -2.63. The number of carboxylic acid groups (broad SMARTS) is 1. The van der Waals surface area contributed by atoms with Crippen molar-refractivity contribution in [2.24, 2.45) is 11.8 Å². The maximum absolute atomic E-state index is 13.5. The summed E-state index contributed by atoms with van der Waals surface area (Å²) in [6, 6.07) is 4.79. The summed E-state index contributed by atoms with van der Waals surface area (Å²) < 4.78 is 10.3. The highest BCUT2D eigenvalue weighted by Gasteiger charge is 2.60. The van der Waals surface area contributed by atoms with Gasteiger partial charge in [0.2, 0.25) is 11.8 Å². The average Bonchev–Trinajstić information content (AvgIpc) is 3.40. The van der Waals surface area contributed by atoms with Crippen molar-refractivity contribution in [1.29, 1.82) is 0 Å². The molecule has 0 radical (unpaired) electrons. The van der Waals surface area contributed by atoms with E-state index < -0.39 is 59.6 Å². The molecule has 6 atom stereocenters. The molecule has 3 aliphatic rings. The maximum Gasteiger partial charge on any atom is 0.411 e. The van der Waals surface area contributed by atoms with E-state index in [4.69, 9.17) is 9.47 Å². The van der Waals surface area contributed by atoms with Gasteiger partial charge in [-0.3, -0.25) is 14.5 Å². The number of thioether (sulfide) groups is 1. The van der Waals surface area contributed by atoms with Crippen molar-refractivity contribution in [2.75, 3.05) is 19.0 Å². The molecule has 2 fully saturated rings. The fourth-order valence-corrected chi connectivity index (χ4v) is 7.10. The number of aliphatic hydroxyl groups excluding tert-OH is 1. The number of hydrogen-bond acceptors (Lipinski definition) is 9. The summed E-state index contributed by atoms with van der Waals surface area (Å²) >= 11 is 1.23. The van der Waals surface area contributed by atoms with Crippen molar-refractivity contribution in [3.05, 3.63) is 40.4 Å². The zero-order chi connectivity index (χ0) is 30.4. The van der Waals surface area contributed by atoms with Gasteiger partial charge >= 0.3 is 18.0 Å². The summed E-state index contributed by atoms with van der Waals surface area (Å²) in [4.78, 5) is 66.5. The normalized spacial score (nSPS) is 26.3. The second-order valence-corrected chi connectivity index (χ2v) is 12.8. The Kier molecular flexibility index (Phi) is 8.42. The topological polar surface area (TPSA) is 163 Å².